The highest BCUT2D eigenvalue weighted by atomic mass is 32.1. The third-order valence-corrected chi connectivity index (χ3v) is 7.68. The number of carbonyl (C=O) groups excluding carboxylic acids is 3. The van der Waals surface area contributed by atoms with Crippen molar-refractivity contribution in [3.05, 3.63) is 67.2 Å². The Hall–Kier alpha value is -2.69. The van der Waals surface area contributed by atoms with E-state index in [1.54, 1.807) is 33.6 Å². The Kier molecular flexibility index (Phi) is 10.5. The molecule has 3 heterocycles. The van der Waals surface area contributed by atoms with E-state index in [4.69, 9.17) is 4.74 Å². The highest BCUT2D eigenvalue weighted by molar-refractivity contribution is 7.12. The summed E-state index contributed by atoms with van der Waals surface area (Å²) in [5, 5.41) is 11.5. The molecule has 1 atom stereocenters. The number of unbranched alkanes of at least 4 members (excludes halogenated alkanes) is 1. The van der Waals surface area contributed by atoms with Crippen LogP contribution in [0, 0.1) is 0 Å². The molecule has 3 rings (SSSR count). The third-order valence-electron chi connectivity index (χ3n) is 5.09. The summed E-state index contributed by atoms with van der Waals surface area (Å²) in [6.45, 7) is 6.97. The SMILES string of the molecule is CC(C)(C)NC(=O)O[C@@H](CCCCNC(=O)c1cccs1)C(=O)N(Cc1cccs1)Cc1cccs1. The van der Waals surface area contributed by atoms with Gasteiger partial charge in [0.1, 0.15) is 0 Å². The van der Waals surface area contributed by atoms with Gasteiger partial charge in [0, 0.05) is 21.8 Å². The van der Waals surface area contributed by atoms with Crippen LogP contribution < -0.4 is 10.6 Å². The molecule has 0 radical (unpaired) electrons. The number of ether oxygens (including phenoxy) is 1. The number of carbonyl (C=O) groups is 3. The van der Waals surface area contributed by atoms with Crippen molar-refractivity contribution in [1.29, 1.82) is 0 Å². The average Bonchev–Trinajstić information content (AvgIpc) is 3.60. The van der Waals surface area contributed by atoms with E-state index in [1.807, 2.05) is 67.2 Å². The zero-order chi connectivity index (χ0) is 26.0. The summed E-state index contributed by atoms with van der Waals surface area (Å²) in [6, 6.07) is 11.5. The van der Waals surface area contributed by atoms with Gasteiger partial charge in [-0.3, -0.25) is 9.59 Å². The molecule has 3 aromatic heterocycles. The summed E-state index contributed by atoms with van der Waals surface area (Å²) in [7, 11) is 0. The number of hydrogen-bond acceptors (Lipinski definition) is 7. The first-order chi connectivity index (χ1) is 17.2. The topological polar surface area (TPSA) is 87.7 Å². The number of nitrogens with one attached hydrogen (secondary N) is 2. The minimum Gasteiger partial charge on any atom is -0.436 e. The lowest BCUT2D eigenvalue weighted by Crippen LogP contribution is -2.46. The monoisotopic (exact) mass is 547 g/mol. The van der Waals surface area contributed by atoms with Crippen LogP contribution >= 0.6 is 34.0 Å². The molecule has 2 N–H and O–H groups in total. The van der Waals surface area contributed by atoms with Crippen LogP contribution in [0.3, 0.4) is 0 Å². The zero-order valence-electron chi connectivity index (χ0n) is 20.8. The maximum atomic E-state index is 13.7. The van der Waals surface area contributed by atoms with Crippen molar-refractivity contribution in [3.8, 4) is 0 Å². The van der Waals surface area contributed by atoms with E-state index in [0.717, 1.165) is 9.75 Å². The molecule has 0 saturated heterocycles. The van der Waals surface area contributed by atoms with Crippen molar-refractivity contribution in [2.45, 2.75) is 64.8 Å². The molecule has 0 spiro atoms. The number of thiophene rings is 3. The molecule has 0 bridgehead atoms. The average molecular weight is 548 g/mol. The lowest BCUT2D eigenvalue weighted by molar-refractivity contribution is -0.142. The van der Waals surface area contributed by atoms with Crippen LogP contribution in [-0.2, 0) is 22.6 Å². The second-order valence-corrected chi connectivity index (χ2v) is 12.4. The molecule has 0 aromatic carbocycles. The molecule has 0 aliphatic carbocycles. The molecule has 0 aliphatic rings. The normalized spacial score (nSPS) is 12.1. The summed E-state index contributed by atoms with van der Waals surface area (Å²) < 4.78 is 5.67. The second kappa shape index (κ2) is 13.6. The van der Waals surface area contributed by atoms with Gasteiger partial charge in [0.15, 0.2) is 6.10 Å². The molecule has 194 valence electrons. The molecule has 0 aliphatic heterocycles. The molecular weight excluding hydrogens is 515 g/mol. The third kappa shape index (κ3) is 9.40. The van der Waals surface area contributed by atoms with E-state index < -0.39 is 17.7 Å². The van der Waals surface area contributed by atoms with Crippen molar-refractivity contribution in [3.63, 3.8) is 0 Å². The fraction of sp³-hybridized carbons (Fsp3) is 0.423. The summed E-state index contributed by atoms with van der Waals surface area (Å²) in [5.41, 5.74) is -0.482. The van der Waals surface area contributed by atoms with Gasteiger partial charge in [0.05, 0.1) is 18.0 Å². The van der Waals surface area contributed by atoms with E-state index in [2.05, 4.69) is 10.6 Å². The molecule has 0 unspecified atom stereocenters. The Bertz CT molecular complexity index is 1040. The Morgan fingerprint density at radius 2 is 1.53 bits per heavy atom. The highest BCUT2D eigenvalue weighted by Gasteiger charge is 2.29. The number of hydrogen-bond donors (Lipinski definition) is 2. The van der Waals surface area contributed by atoms with Crippen molar-refractivity contribution in [2.24, 2.45) is 0 Å². The van der Waals surface area contributed by atoms with Crippen LogP contribution in [0.5, 0.6) is 0 Å². The summed E-state index contributed by atoms with van der Waals surface area (Å²) in [6.07, 6.45) is 0.132. The van der Waals surface area contributed by atoms with E-state index in [-0.39, 0.29) is 11.8 Å². The van der Waals surface area contributed by atoms with Gasteiger partial charge in [-0.1, -0.05) is 18.2 Å². The molecule has 10 heteroatoms. The molecule has 7 nitrogen and oxygen atoms in total. The second-order valence-electron chi connectivity index (χ2n) is 9.35. The van der Waals surface area contributed by atoms with Crippen LogP contribution in [0.4, 0.5) is 4.79 Å². The number of rotatable bonds is 12. The summed E-state index contributed by atoms with van der Waals surface area (Å²) >= 11 is 4.58. The minimum absolute atomic E-state index is 0.100. The van der Waals surface area contributed by atoms with Gasteiger partial charge < -0.3 is 20.3 Å². The smallest absolute Gasteiger partial charge is 0.408 e. The van der Waals surface area contributed by atoms with Gasteiger partial charge in [-0.15, -0.1) is 34.0 Å². The number of amides is 3. The van der Waals surface area contributed by atoms with Crippen LogP contribution in [-0.4, -0.2) is 41.0 Å². The molecule has 0 saturated carbocycles. The Morgan fingerprint density at radius 3 is 2.06 bits per heavy atom. The van der Waals surface area contributed by atoms with E-state index >= 15 is 0 Å². The predicted octanol–water partition coefficient (Wildman–Crippen LogP) is 5.89. The van der Waals surface area contributed by atoms with Crippen molar-refractivity contribution in [2.75, 3.05) is 6.54 Å². The standard InChI is InChI=1S/C26H33N3O4S3/c1-26(2,3)28-25(32)33-21(11-4-5-13-27-23(30)22-12-8-16-36-22)24(31)29(17-19-9-6-14-34-19)18-20-10-7-15-35-20/h6-10,12,14-16,21H,4-5,11,13,17-18H2,1-3H3,(H,27,30)(H,28,32)/t21-/m0/s1. The summed E-state index contributed by atoms with van der Waals surface area (Å²) in [4.78, 5) is 43.0. The number of nitrogens with zero attached hydrogens (tertiary/aromatic N) is 1. The first-order valence-corrected chi connectivity index (χ1v) is 14.5. The predicted molar refractivity (Wildman–Crippen MR) is 147 cm³/mol. The van der Waals surface area contributed by atoms with Crippen LogP contribution in [0.15, 0.2) is 52.5 Å². The fourth-order valence-corrected chi connectivity index (χ4v) is 5.52. The van der Waals surface area contributed by atoms with Crippen molar-refractivity contribution < 1.29 is 19.1 Å². The fourth-order valence-electron chi connectivity index (χ4n) is 3.45. The van der Waals surface area contributed by atoms with Crippen molar-refractivity contribution >= 4 is 51.9 Å². The van der Waals surface area contributed by atoms with Crippen LogP contribution in [0.1, 0.15) is 59.5 Å². The summed E-state index contributed by atoms with van der Waals surface area (Å²) in [5.74, 6) is -0.319. The molecule has 3 amide bonds. The molecular formula is C26H33N3O4S3. The van der Waals surface area contributed by atoms with Crippen LogP contribution in [0.2, 0.25) is 0 Å². The Morgan fingerprint density at radius 1 is 0.917 bits per heavy atom. The molecule has 0 fully saturated rings. The minimum atomic E-state index is -0.916. The van der Waals surface area contributed by atoms with Crippen LogP contribution in [0.25, 0.3) is 0 Å². The molecule has 36 heavy (non-hydrogen) atoms. The maximum absolute atomic E-state index is 13.7. The lowest BCUT2D eigenvalue weighted by Gasteiger charge is -2.28. The zero-order valence-corrected chi connectivity index (χ0v) is 23.3. The molecule has 3 aromatic rings. The van der Waals surface area contributed by atoms with E-state index in [0.29, 0.717) is 43.8 Å². The first-order valence-electron chi connectivity index (χ1n) is 11.9. The Balaban J connectivity index is 1.64. The largest absolute Gasteiger partial charge is 0.436 e. The van der Waals surface area contributed by atoms with Crippen molar-refractivity contribution in [1.82, 2.24) is 15.5 Å². The van der Waals surface area contributed by atoms with Gasteiger partial charge >= 0.3 is 6.09 Å². The highest BCUT2D eigenvalue weighted by Crippen LogP contribution is 2.20. The first kappa shape index (κ1) is 27.9. The quantitative estimate of drug-likeness (QED) is 0.277. The van der Waals surface area contributed by atoms with Gasteiger partial charge in [0.25, 0.3) is 11.8 Å². The van der Waals surface area contributed by atoms with Gasteiger partial charge in [-0.05, 0) is 74.4 Å². The van der Waals surface area contributed by atoms with E-state index in [1.165, 1.54) is 11.3 Å². The Labute approximate surface area is 224 Å². The van der Waals surface area contributed by atoms with Gasteiger partial charge in [-0.2, -0.15) is 0 Å². The lowest BCUT2D eigenvalue weighted by atomic mass is 10.1. The maximum Gasteiger partial charge on any atom is 0.408 e. The van der Waals surface area contributed by atoms with E-state index in [9.17, 15) is 14.4 Å². The number of alkyl carbamates (subject to hydrolysis) is 1. The van der Waals surface area contributed by atoms with Gasteiger partial charge in [-0.25, -0.2) is 4.79 Å². The van der Waals surface area contributed by atoms with Gasteiger partial charge in [0.2, 0.25) is 0 Å².